The number of hydrogen-bond donors (Lipinski definition) is 2. The Morgan fingerprint density at radius 2 is 1.91 bits per heavy atom. The third kappa shape index (κ3) is 2.55. The lowest BCUT2D eigenvalue weighted by atomic mass is 10.0. The van der Waals surface area contributed by atoms with Crippen molar-refractivity contribution in [2.75, 3.05) is 7.11 Å². The van der Waals surface area contributed by atoms with Crippen molar-refractivity contribution >= 4 is 11.9 Å². The molecule has 0 unspecified atom stereocenters. The monoisotopic (exact) mass is 162 g/mol. The largest absolute Gasteiger partial charge is 0.481 e. The molecular weight excluding hydrogens is 152 g/mol. The molecule has 11 heavy (non-hydrogen) atoms. The zero-order valence-electron chi connectivity index (χ0n) is 6.33. The van der Waals surface area contributed by atoms with Crippen molar-refractivity contribution in [3.8, 4) is 0 Å². The number of aliphatic carboxylic acids is 2. The van der Waals surface area contributed by atoms with Crippen LogP contribution in [0.15, 0.2) is 0 Å². The highest BCUT2D eigenvalue weighted by molar-refractivity contribution is 5.83. The van der Waals surface area contributed by atoms with E-state index in [4.69, 9.17) is 10.2 Å². The maximum atomic E-state index is 10.4. The summed E-state index contributed by atoms with van der Waals surface area (Å²) in [5, 5.41) is 16.8. The molecule has 0 fully saturated rings. The van der Waals surface area contributed by atoms with Gasteiger partial charge in [-0.15, -0.1) is 0 Å². The summed E-state index contributed by atoms with van der Waals surface area (Å²) in [5.74, 6) is -2.47. The Balaban J connectivity index is 4.34. The van der Waals surface area contributed by atoms with Crippen LogP contribution in [0.4, 0.5) is 0 Å². The van der Waals surface area contributed by atoms with Crippen LogP contribution in [0.2, 0.25) is 0 Å². The Hall–Kier alpha value is -1.10. The Kier molecular flexibility index (Phi) is 3.00. The molecule has 0 aliphatic heterocycles. The van der Waals surface area contributed by atoms with E-state index in [1.807, 2.05) is 0 Å². The van der Waals surface area contributed by atoms with Gasteiger partial charge >= 0.3 is 11.9 Å². The second kappa shape index (κ2) is 3.34. The Morgan fingerprint density at radius 3 is 2.00 bits per heavy atom. The summed E-state index contributed by atoms with van der Waals surface area (Å²) in [6, 6.07) is 0. The Bertz CT molecular complexity index is 176. The molecule has 0 saturated carbocycles. The molecule has 0 radical (unpaired) electrons. The third-order valence-electron chi connectivity index (χ3n) is 1.39. The van der Waals surface area contributed by atoms with Gasteiger partial charge in [0.1, 0.15) is 0 Å². The van der Waals surface area contributed by atoms with Crippen molar-refractivity contribution in [2.24, 2.45) is 0 Å². The summed E-state index contributed by atoms with van der Waals surface area (Å²) in [5.41, 5.74) is -1.62. The Morgan fingerprint density at radius 1 is 1.45 bits per heavy atom. The molecule has 0 spiro atoms. The molecule has 2 N–H and O–H groups in total. The minimum absolute atomic E-state index is 0.543. The number of ether oxygens (including phenoxy) is 1. The van der Waals surface area contributed by atoms with Crippen LogP contribution in [0.1, 0.15) is 13.3 Å². The van der Waals surface area contributed by atoms with Gasteiger partial charge in [-0.3, -0.25) is 4.79 Å². The van der Waals surface area contributed by atoms with Crippen molar-refractivity contribution in [1.82, 2.24) is 0 Å². The average Bonchev–Trinajstić information content (AvgIpc) is 1.86. The summed E-state index contributed by atoms with van der Waals surface area (Å²) in [7, 11) is 1.16. The van der Waals surface area contributed by atoms with Gasteiger partial charge in [0.05, 0.1) is 6.42 Å². The maximum absolute atomic E-state index is 10.4. The summed E-state index contributed by atoms with van der Waals surface area (Å²) in [4.78, 5) is 20.5. The molecule has 0 bridgehead atoms. The van der Waals surface area contributed by atoms with Crippen molar-refractivity contribution in [2.45, 2.75) is 18.9 Å². The molecule has 64 valence electrons. The van der Waals surface area contributed by atoms with E-state index in [2.05, 4.69) is 4.74 Å². The molecule has 0 aromatic rings. The van der Waals surface area contributed by atoms with Crippen LogP contribution in [0.3, 0.4) is 0 Å². The fourth-order valence-corrected chi connectivity index (χ4v) is 0.524. The highest BCUT2D eigenvalue weighted by Crippen LogP contribution is 2.13. The lowest BCUT2D eigenvalue weighted by molar-refractivity contribution is -0.166. The van der Waals surface area contributed by atoms with E-state index >= 15 is 0 Å². The van der Waals surface area contributed by atoms with Crippen LogP contribution < -0.4 is 0 Å². The first-order valence-electron chi connectivity index (χ1n) is 2.92. The van der Waals surface area contributed by atoms with Gasteiger partial charge in [0.15, 0.2) is 5.60 Å². The quantitative estimate of drug-likeness (QED) is 0.605. The van der Waals surface area contributed by atoms with Crippen LogP contribution in [0, 0.1) is 0 Å². The number of hydrogen-bond acceptors (Lipinski definition) is 3. The molecule has 0 aliphatic carbocycles. The van der Waals surface area contributed by atoms with Gasteiger partial charge < -0.3 is 14.9 Å². The molecule has 1 atom stereocenters. The van der Waals surface area contributed by atoms with Gasteiger partial charge in [0.25, 0.3) is 0 Å². The first-order chi connectivity index (χ1) is 4.92. The molecule has 0 saturated heterocycles. The fourth-order valence-electron chi connectivity index (χ4n) is 0.524. The van der Waals surface area contributed by atoms with E-state index in [-0.39, 0.29) is 0 Å². The van der Waals surface area contributed by atoms with Crippen LogP contribution in [-0.4, -0.2) is 34.9 Å². The fraction of sp³-hybridized carbons (Fsp3) is 0.667. The second-order valence-corrected chi connectivity index (χ2v) is 2.31. The number of carboxylic acid groups (broad SMARTS) is 2. The van der Waals surface area contributed by atoms with Crippen molar-refractivity contribution in [1.29, 1.82) is 0 Å². The van der Waals surface area contributed by atoms with Crippen LogP contribution in [-0.2, 0) is 14.3 Å². The van der Waals surface area contributed by atoms with Gasteiger partial charge in [-0.05, 0) is 6.92 Å². The summed E-state index contributed by atoms with van der Waals surface area (Å²) in [6.45, 7) is 1.21. The van der Waals surface area contributed by atoms with Crippen LogP contribution in [0.5, 0.6) is 0 Å². The highest BCUT2D eigenvalue weighted by Gasteiger charge is 2.35. The zero-order chi connectivity index (χ0) is 9.07. The van der Waals surface area contributed by atoms with Gasteiger partial charge in [0, 0.05) is 7.11 Å². The molecular formula is C6H10O5. The molecule has 0 rings (SSSR count). The average molecular weight is 162 g/mol. The predicted molar refractivity (Wildman–Crippen MR) is 35.3 cm³/mol. The Labute approximate surface area is 63.6 Å². The van der Waals surface area contributed by atoms with Crippen LogP contribution in [0.25, 0.3) is 0 Å². The normalized spacial score (nSPS) is 15.5. The standard InChI is InChI=1S/C6H10O5/c1-6(11-2,5(9)10)3-4(7)8/h3H2,1-2H3,(H,7,8)(H,9,10)/t6-/m0/s1. The smallest absolute Gasteiger partial charge is 0.336 e. The van der Waals surface area contributed by atoms with E-state index in [0.717, 1.165) is 7.11 Å². The molecule has 5 heteroatoms. The van der Waals surface area contributed by atoms with E-state index in [1.165, 1.54) is 6.92 Å². The molecule has 0 aromatic heterocycles. The van der Waals surface area contributed by atoms with E-state index in [1.54, 1.807) is 0 Å². The molecule has 0 aliphatic rings. The summed E-state index contributed by atoms with van der Waals surface area (Å²) < 4.78 is 4.53. The third-order valence-corrected chi connectivity index (χ3v) is 1.39. The number of carbonyl (C=O) groups is 2. The number of rotatable bonds is 4. The van der Waals surface area contributed by atoms with E-state index < -0.39 is 24.0 Å². The number of carboxylic acids is 2. The van der Waals surface area contributed by atoms with Gasteiger partial charge in [-0.1, -0.05) is 0 Å². The maximum Gasteiger partial charge on any atom is 0.336 e. The van der Waals surface area contributed by atoms with Crippen LogP contribution >= 0.6 is 0 Å². The van der Waals surface area contributed by atoms with Gasteiger partial charge in [-0.2, -0.15) is 0 Å². The summed E-state index contributed by atoms with van der Waals surface area (Å²) >= 11 is 0. The lowest BCUT2D eigenvalue weighted by Gasteiger charge is -2.20. The molecule has 0 heterocycles. The van der Waals surface area contributed by atoms with Crippen molar-refractivity contribution in [3.63, 3.8) is 0 Å². The van der Waals surface area contributed by atoms with Crippen molar-refractivity contribution < 1.29 is 24.5 Å². The highest BCUT2D eigenvalue weighted by atomic mass is 16.5. The molecule has 0 amide bonds. The first-order valence-corrected chi connectivity index (χ1v) is 2.92. The van der Waals surface area contributed by atoms with Gasteiger partial charge in [0.2, 0.25) is 0 Å². The summed E-state index contributed by atoms with van der Waals surface area (Å²) in [6.07, 6.45) is -0.543. The predicted octanol–water partition coefficient (Wildman–Crippen LogP) is -0.0492. The van der Waals surface area contributed by atoms with Gasteiger partial charge in [-0.25, -0.2) is 4.79 Å². The van der Waals surface area contributed by atoms with E-state index in [9.17, 15) is 9.59 Å². The molecule has 5 nitrogen and oxygen atoms in total. The zero-order valence-corrected chi connectivity index (χ0v) is 6.33. The van der Waals surface area contributed by atoms with Crippen molar-refractivity contribution in [3.05, 3.63) is 0 Å². The minimum atomic E-state index is -1.62. The number of methoxy groups -OCH3 is 1. The topological polar surface area (TPSA) is 83.8 Å². The minimum Gasteiger partial charge on any atom is -0.481 e. The first kappa shape index (κ1) is 9.90. The SMILES string of the molecule is CO[C@@](C)(CC(=O)O)C(=O)O. The second-order valence-electron chi connectivity index (χ2n) is 2.31. The lowest BCUT2D eigenvalue weighted by Crippen LogP contribution is -2.39. The van der Waals surface area contributed by atoms with E-state index in [0.29, 0.717) is 0 Å². The molecule has 0 aromatic carbocycles.